The minimum absolute atomic E-state index is 1.27. The Bertz CT molecular complexity index is 247. The maximum atomic E-state index is 2.51. The molecule has 1 aliphatic heterocycles. The molecular weight excluding hydrogens is 258 g/mol. The Morgan fingerprint density at radius 3 is 0.952 bits per heavy atom. The summed E-state index contributed by atoms with van der Waals surface area (Å²) in [7, 11) is 7.54. The number of quaternary nitrogens is 3. The molecule has 1 rings (SSSR count). The highest BCUT2D eigenvalue weighted by atomic mass is 15.7. The molecule has 0 spiro atoms. The Morgan fingerprint density at radius 1 is 0.524 bits per heavy atom. The number of hydrogen-bond acceptors (Lipinski definition) is 0. The lowest BCUT2D eigenvalue weighted by Crippen LogP contribution is -2.76. The Hall–Kier alpha value is -0.120. The second kappa shape index (κ2) is 7.94. The Kier molecular flexibility index (Phi) is 7.15. The fourth-order valence-electron chi connectivity index (χ4n) is 4.65. The van der Waals surface area contributed by atoms with Crippen molar-refractivity contribution < 1.29 is 13.4 Å². The van der Waals surface area contributed by atoms with Crippen molar-refractivity contribution in [1.82, 2.24) is 0 Å². The van der Waals surface area contributed by atoms with Crippen LogP contribution in [-0.2, 0) is 0 Å². The third-order valence-corrected chi connectivity index (χ3v) is 5.20. The van der Waals surface area contributed by atoms with E-state index < -0.39 is 0 Å². The van der Waals surface area contributed by atoms with E-state index in [1.807, 2.05) is 0 Å². The van der Waals surface area contributed by atoms with Gasteiger partial charge in [0.05, 0.1) is 40.8 Å². The van der Waals surface area contributed by atoms with Gasteiger partial charge in [-0.05, 0) is 19.3 Å². The average molecular weight is 301 g/mol. The monoisotopic (exact) mass is 300 g/mol. The van der Waals surface area contributed by atoms with E-state index in [9.17, 15) is 0 Å². The van der Waals surface area contributed by atoms with Crippen LogP contribution in [0, 0.1) is 0 Å². The molecule has 0 unspecified atom stereocenters. The summed E-state index contributed by atoms with van der Waals surface area (Å²) in [6, 6.07) is 0. The molecule has 0 atom stereocenters. The van der Waals surface area contributed by atoms with Crippen LogP contribution in [0.5, 0.6) is 0 Å². The van der Waals surface area contributed by atoms with Crippen LogP contribution in [0.2, 0.25) is 0 Å². The van der Waals surface area contributed by atoms with E-state index >= 15 is 0 Å². The lowest BCUT2D eigenvalue weighted by Gasteiger charge is -2.54. The molecule has 1 heterocycles. The van der Waals surface area contributed by atoms with E-state index in [1.54, 1.807) is 0 Å². The number of rotatable bonds is 9. The summed E-state index contributed by atoms with van der Waals surface area (Å²) in [5.41, 5.74) is 0. The second-order valence-electron chi connectivity index (χ2n) is 8.51. The van der Waals surface area contributed by atoms with Gasteiger partial charge in [-0.3, -0.25) is 0 Å². The largest absolute Gasteiger partial charge is 0.233 e. The van der Waals surface area contributed by atoms with Crippen molar-refractivity contribution in [3.05, 3.63) is 0 Å². The van der Waals surface area contributed by atoms with Gasteiger partial charge in [-0.25, -0.2) is 13.4 Å². The maximum Gasteiger partial charge on any atom is 0.215 e. The average Bonchev–Trinajstić information content (AvgIpc) is 2.39. The molecule has 0 N–H and O–H groups in total. The van der Waals surface area contributed by atoms with Crippen molar-refractivity contribution in [2.75, 3.05) is 60.8 Å². The molecular formula is C18H42N3+3. The van der Waals surface area contributed by atoms with E-state index in [-0.39, 0.29) is 0 Å². The van der Waals surface area contributed by atoms with E-state index in [1.165, 1.54) is 91.6 Å². The third-order valence-electron chi connectivity index (χ3n) is 5.20. The Labute approximate surface area is 134 Å². The van der Waals surface area contributed by atoms with Crippen LogP contribution in [0.25, 0.3) is 0 Å². The van der Waals surface area contributed by atoms with Crippen molar-refractivity contribution in [3.63, 3.8) is 0 Å². The van der Waals surface area contributed by atoms with Gasteiger partial charge in [0.2, 0.25) is 20.0 Å². The smallest absolute Gasteiger partial charge is 0.215 e. The molecule has 126 valence electrons. The number of unbranched alkanes of at least 4 members (excludes halogenated alkanes) is 3. The van der Waals surface area contributed by atoms with Gasteiger partial charge in [-0.2, -0.15) is 0 Å². The highest BCUT2D eigenvalue weighted by Crippen LogP contribution is 2.27. The maximum absolute atomic E-state index is 2.51. The summed E-state index contributed by atoms with van der Waals surface area (Å²) >= 11 is 0. The van der Waals surface area contributed by atoms with Crippen LogP contribution < -0.4 is 0 Å². The zero-order valence-electron chi connectivity index (χ0n) is 15.8. The quantitative estimate of drug-likeness (QED) is 0.571. The molecule has 3 nitrogen and oxygen atoms in total. The van der Waals surface area contributed by atoms with Gasteiger partial charge >= 0.3 is 0 Å². The lowest BCUT2D eigenvalue weighted by atomic mass is 10.2. The normalized spacial score (nSPS) is 36.9. The summed E-state index contributed by atoms with van der Waals surface area (Å²) < 4.78 is 3.82. The molecule has 1 saturated heterocycles. The van der Waals surface area contributed by atoms with Crippen LogP contribution in [0.3, 0.4) is 0 Å². The Balaban J connectivity index is 2.86. The number of hydrogen-bond donors (Lipinski definition) is 0. The van der Waals surface area contributed by atoms with Gasteiger partial charge in [-0.1, -0.05) is 40.0 Å². The van der Waals surface area contributed by atoms with Crippen LogP contribution in [-0.4, -0.2) is 74.2 Å². The van der Waals surface area contributed by atoms with Crippen LogP contribution in [0.4, 0.5) is 0 Å². The highest BCUT2D eigenvalue weighted by Gasteiger charge is 2.49. The van der Waals surface area contributed by atoms with Crippen molar-refractivity contribution in [2.24, 2.45) is 0 Å². The summed E-state index contributed by atoms with van der Waals surface area (Å²) in [5.74, 6) is 0. The zero-order chi connectivity index (χ0) is 16.0. The third kappa shape index (κ3) is 5.88. The predicted molar refractivity (Wildman–Crippen MR) is 92.5 cm³/mol. The second-order valence-corrected chi connectivity index (χ2v) is 8.51. The van der Waals surface area contributed by atoms with E-state index in [0.717, 1.165) is 0 Å². The van der Waals surface area contributed by atoms with Crippen LogP contribution >= 0.6 is 0 Å². The van der Waals surface area contributed by atoms with Crippen molar-refractivity contribution in [3.8, 4) is 0 Å². The predicted octanol–water partition coefficient (Wildman–Crippen LogP) is 3.61. The topological polar surface area (TPSA) is 0 Å². The first-order chi connectivity index (χ1) is 9.80. The summed E-state index contributed by atoms with van der Waals surface area (Å²) in [4.78, 5) is 0. The molecule has 0 radical (unpaired) electrons. The summed E-state index contributed by atoms with van der Waals surface area (Å²) in [5, 5.41) is 0. The first-order valence-corrected chi connectivity index (χ1v) is 9.31. The standard InChI is InChI=1S/C18H42N3/c1-7-10-13-19(4)16-20(5,14-11-8-2)18-21(6,17-19)15-12-9-3/h7-18H2,1-6H3/q+3. The first kappa shape index (κ1) is 18.9. The molecule has 0 aromatic rings. The van der Waals surface area contributed by atoms with Gasteiger partial charge < -0.3 is 0 Å². The molecule has 21 heavy (non-hydrogen) atoms. The van der Waals surface area contributed by atoms with E-state index in [2.05, 4.69) is 41.9 Å². The van der Waals surface area contributed by atoms with Crippen LogP contribution in [0.1, 0.15) is 59.3 Å². The van der Waals surface area contributed by atoms with Gasteiger partial charge in [0, 0.05) is 0 Å². The lowest BCUT2D eigenvalue weighted by molar-refractivity contribution is -1.25. The van der Waals surface area contributed by atoms with Gasteiger partial charge in [0.15, 0.2) is 0 Å². The first-order valence-electron chi connectivity index (χ1n) is 9.31. The SMILES string of the molecule is CCCC[N+]1(C)C[N+](C)(CCCC)C[N+](C)(CCCC)C1. The fourth-order valence-corrected chi connectivity index (χ4v) is 4.65. The minimum Gasteiger partial charge on any atom is -0.233 e. The molecule has 0 aromatic carbocycles. The highest BCUT2D eigenvalue weighted by molar-refractivity contribution is 4.44. The zero-order valence-corrected chi connectivity index (χ0v) is 15.8. The van der Waals surface area contributed by atoms with Crippen LogP contribution in [0.15, 0.2) is 0 Å². The molecule has 0 aliphatic carbocycles. The summed E-state index contributed by atoms with van der Waals surface area (Å²) in [6.07, 6.45) is 8.09. The molecule has 3 heteroatoms. The van der Waals surface area contributed by atoms with Crippen molar-refractivity contribution in [2.45, 2.75) is 59.3 Å². The van der Waals surface area contributed by atoms with Gasteiger partial charge in [-0.15, -0.1) is 0 Å². The van der Waals surface area contributed by atoms with E-state index in [4.69, 9.17) is 0 Å². The van der Waals surface area contributed by atoms with Gasteiger partial charge in [0.25, 0.3) is 0 Å². The summed E-state index contributed by atoms with van der Waals surface area (Å²) in [6.45, 7) is 15.0. The molecule has 0 saturated carbocycles. The molecule has 0 aromatic heterocycles. The van der Waals surface area contributed by atoms with Crippen molar-refractivity contribution in [1.29, 1.82) is 0 Å². The molecule has 0 amide bonds. The number of nitrogens with zero attached hydrogens (tertiary/aromatic N) is 3. The molecule has 1 fully saturated rings. The van der Waals surface area contributed by atoms with E-state index in [0.29, 0.717) is 0 Å². The van der Waals surface area contributed by atoms with Crippen molar-refractivity contribution >= 4 is 0 Å². The minimum atomic E-state index is 1.27. The fraction of sp³-hybridized carbons (Fsp3) is 1.00. The van der Waals surface area contributed by atoms with Gasteiger partial charge in [0.1, 0.15) is 0 Å². The molecule has 1 aliphatic rings. The Morgan fingerprint density at radius 2 is 0.762 bits per heavy atom. The molecule has 0 bridgehead atoms.